The van der Waals surface area contributed by atoms with Crippen LogP contribution in [0.5, 0.6) is 11.5 Å². The quantitative estimate of drug-likeness (QED) is 0.504. The minimum absolute atomic E-state index is 0.184. The molecule has 0 saturated heterocycles. The Bertz CT molecular complexity index is 1300. The second kappa shape index (κ2) is 9.88. The fourth-order valence-electron chi connectivity index (χ4n) is 4.08. The molecule has 2 amide bonds. The van der Waals surface area contributed by atoms with E-state index >= 15 is 0 Å². The molecule has 0 saturated carbocycles. The van der Waals surface area contributed by atoms with Crippen molar-refractivity contribution >= 4 is 29.3 Å². The lowest BCUT2D eigenvalue weighted by molar-refractivity contribution is -0.118. The van der Waals surface area contributed by atoms with E-state index < -0.39 is 0 Å². The van der Waals surface area contributed by atoms with Crippen LogP contribution in [0.3, 0.4) is 0 Å². The van der Waals surface area contributed by atoms with Crippen molar-refractivity contribution in [3.05, 3.63) is 94.4 Å². The average molecular weight is 487 g/mol. The number of fused-ring (bicyclic) bond motifs is 2. The van der Waals surface area contributed by atoms with Crippen LogP contribution in [0.25, 0.3) is 0 Å². The molecule has 1 atom stereocenters. The average Bonchev–Trinajstić information content (AvgIpc) is 2.87. The number of para-hydroxylation sites is 1. The highest BCUT2D eigenvalue weighted by atomic mass is 32.2. The summed E-state index contributed by atoms with van der Waals surface area (Å²) in [5, 5.41) is 2.97. The van der Waals surface area contributed by atoms with Crippen molar-refractivity contribution in [1.82, 2.24) is 5.32 Å². The summed E-state index contributed by atoms with van der Waals surface area (Å²) >= 11 is 1.32. The van der Waals surface area contributed by atoms with Gasteiger partial charge in [-0.3, -0.25) is 9.59 Å². The second-order valence-electron chi connectivity index (χ2n) is 8.59. The molecule has 178 valence electrons. The highest BCUT2D eigenvalue weighted by Gasteiger charge is 2.30. The van der Waals surface area contributed by atoms with Crippen LogP contribution in [0.4, 0.5) is 5.69 Å². The van der Waals surface area contributed by atoms with E-state index in [0.717, 1.165) is 21.7 Å². The van der Waals surface area contributed by atoms with Crippen molar-refractivity contribution in [2.45, 2.75) is 31.3 Å². The molecule has 3 aromatic carbocycles. The summed E-state index contributed by atoms with van der Waals surface area (Å²) in [6.07, 6.45) is 1.40. The zero-order valence-electron chi connectivity index (χ0n) is 19.6. The van der Waals surface area contributed by atoms with Crippen LogP contribution in [0.15, 0.2) is 82.6 Å². The van der Waals surface area contributed by atoms with E-state index in [1.165, 1.54) is 23.4 Å². The fraction of sp³-hybridized carbons (Fsp3) is 0.214. The molecule has 35 heavy (non-hydrogen) atoms. The smallest absolute Gasteiger partial charge is 0.265 e. The highest BCUT2D eigenvalue weighted by molar-refractivity contribution is 8.04. The summed E-state index contributed by atoms with van der Waals surface area (Å²) < 4.78 is 11.2. The molecule has 1 N–H and O–H groups in total. The number of rotatable bonds is 5. The van der Waals surface area contributed by atoms with Gasteiger partial charge in [0.1, 0.15) is 13.2 Å². The fourth-order valence-corrected chi connectivity index (χ4v) is 5.11. The van der Waals surface area contributed by atoms with Crippen molar-refractivity contribution in [3.63, 3.8) is 0 Å². The Morgan fingerprint density at radius 2 is 1.80 bits per heavy atom. The minimum Gasteiger partial charge on any atom is -0.486 e. The number of nitrogens with one attached hydrogen (secondary N) is 1. The molecule has 0 spiro atoms. The molecule has 3 aromatic rings. The highest BCUT2D eigenvalue weighted by Crippen LogP contribution is 2.42. The Morgan fingerprint density at radius 1 is 1.06 bits per heavy atom. The molecule has 2 aliphatic rings. The van der Waals surface area contributed by atoms with Gasteiger partial charge in [0.05, 0.1) is 23.2 Å². The Balaban J connectivity index is 1.35. The minimum atomic E-state index is -0.321. The number of carbonyl (C=O) groups is 2. The number of anilines is 1. The number of aryl methyl sites for hydroxylation is 1. The number of ether oxygens (including phenoxy) is 2. The van der Waals surface area contributed by atoms with Gasteiger partial charge in [-0.2, -0.15) is 0 Å². The maximum absolute atomic E-state index is 13.4. The van der Waals surface area contributed by atoms with Gasteiger partial charge in [-0.05, 0) is 49.2 Å². The van der Waals surface area contributed by atoms with E-state index in [0.29, 0.717) is 36.2 Å². The first kappa shape index (κ1) is 23.1. The SMILES string of the molecule is Cc1ccc(CN2C(=O)/C(=C/C(=O)N[C@@H](C)c3ccc4c(c3)OCCO4)Sc3ccccc32)cc1. The van der Waals surface area contributed by atoms with E-state index in [-0.39, 0.29) is 17.9 Å². The molecule has 0 radical (unpaired) electrons. The first-order valence-corrected chi connectivity index (χ1v) is 12.4. The number of thioether (sulfide) groups is 1. The molecular weight excluding hydrogens is 460 g/mol. The number of nitrogens with zero attached hydrogens (tertiary/aromatic N) is 1. The Labute approximate surface area is 208 Å². The largest absolute Gasteiger partial charge is 0.486 e. The first-order valence-electron chi connectivity index (χ1n) is 11.5. The normalized spacial score (nSPS) is 16.6. The molecule has 0 fully saturated rings. The Hall–Kier alpha value is -3.71. The lowest BCUT2D eigenvalue weighted by Gasteiger charge is -2.30. The zero-order chi connectivity index (χ0) is 24.4. The molecule has 5 rings (SSSR count). The molecule has 0 aliphatic carbocycles. The summed E-state index contributed by atoms with van der Waals surface area (Å²) in [7, 11) is 0. The molecule has 7 heteroatoms. The maximum Gasteiger partial charge on any atom is 0.265 e. The van der Waals surface area contributed by atoms with Crippen molar-refractivity contribution in [2.24, 2.45) is 0 Å². The molecule has 0 bridgehead atoms. The topological polar surface area (TPSA) is 67.9 Å². The van der Waals surface area contributed by atoms with Crippen LogP contribution in [-0.4, -0.2) is 25.0 Å². The summed E-state index contributed by atoms with van der Waals surface area (Å²) in [4.78, 5) is 29.4. The molecular formula is C28H26N2O4S. The predicted molar refractivity (Wildman–Crippen MR) is 137 cm³/mol. The van der Waals surface area contributed by atoms with Gasteiger partial charge in [-0.1, -0.05) is 59.8 Å². The standard InChI is InChI=1S/C28H26N2O4S/c1-18-7-9-20(10-8-18)17-30-22-5-3-4-6-25(22)35-26(28(30)32)16-27(31)29-19(2)21-11-12-23-24(15-21)34-14-13-33-23/h3-12,15-16,19H,13-14,17H2,1-2H3,(H,29,31)/b26-16-/t19-/m0/s1. The van der Waals surface area contributed by atoms with E-state index in [9.17, 15) is 9.59 Å². The van der Waals surface area contributed by atoms with Crippen LogP contribution in [0.2, 0.25) is 0 Å². The van der Waals surface area contributed by atoms with Crippen LogP contribution in [-0.2, 0) is 16.1 Å². The van der Waals surface area contributed by atoms with Gasteiger partial charge in [0.15, 0.2) is 11.5 Å². The number of benzene rings is 3. The van der Waals surface area contributed by atoms with E-state index in [4.69, 9.17) is 9.47 Å². The van der Waals surface area contributed by atoms with Crippen molar-refractivity contribution < 1.29 is 19.1 Å². The number of hydrogen-bond donors (Lipinski definition) is 1. The third-order valence-electron chi connectivity index (χ3n) is 5.98. The second-order valence-corrected chi connectivity index (χ2v) is 9.67. The maximum atomic E-state index is 13.4. The van der Waals surface area contributed by atoms with Gasteiger partial charge < -0.3 is 19.7 Å². The Morgan fingerprint density at radius 3 is 2.60 bits per heavy atom. The zero-order valence-corrected chi connectivity index (χ0v) is 20.4. The van der Waals surface area contributed by atoms with Gasteiger partial charge in [-0.15, -0.1) is 0 Å². The van der Waals surface area contributed by atoms with Crippen LogP contribution < -0.4 is 19.7 Å². The van der Waals surface area contributed by atoms with Crippen molar-refractivity contribution in [3.8, 4) is 11.5 Å². The molecule has 6 nitrogen and oxygen atoms in total. The monoisotopic (exact) mass is 486 g/mol. The number of carbonyl (C=O) groups excluding carboxylic acids is 2. The number of amides is 2. The number of hydrogen-bond acceptors (Lipinski definition) is 5. The Kier molecular flexibility index (Phi) is 6.51. The van der Waals surface area contributed by atoms with Gasteiger partial charge >= 0.3 is 0 Å². The summed E-state index contributed by atoms with van der Waals surface area (Å²) in [6, 6.07) is 21.3. The molecule has 0 aromatic heterocycles. The summed E-state index contributed by atoms with van der Waals surface area (Å²) in [5.41, 5.74) is 3.95. The molecule has 0 unspecified atom stereocenters. The van der Waals surface area contributed by atoms with Crippen LogP contribution in [0, 0.1) is 6.92 Å². The van der Waals surface area contributed by atoms with Gasteiger partial charge in [0, 0.05) is 11.0 Å². The lowest BCUT2D eigenvalue weighted by atomic mass is 10.1. The van der Waals surface area contributed by atoms with E-state index in [1.807, 2.05) is 80.6 Å². The third kappa shape index (κ3) is 5.05. The van der Waals surface area contributed by atoms with Crippen molar-refractivity contribution in [1.29, 1.82) is 0 Å². The first-order chi connectivity index (χ1) is 17.0. The van der Waals surface area contributed by atoms with E-state index in [1.54, 1.807) is 4.90 Å². The summed E-state index contributed by atoms with van der Waals surface area (Å²) in [6.45, 7) is 5.40. The van der Waals surface area contributed by atoms with Gasteiger partial charge in [0.25, 0.3) is 5.91 Å². The van der Waals surface area contributed by atoms with Crippen LogP contribution in [0.1, 0.15) is 29.7 Å². The molecule has 2 aliphatic heterocycles. The van der Waals surface area contributed by atoms with Crippen molar-refractivity contribution in [2.75, 3.05) is 18.1 Å². The predicted octanol–water partition coefficient (Wildman–Crippen LogP) is 5.17. The van der Waals surface area contributed by atoms with Crippen LogP contribution >= 0.6 is 11.8 Å². The lowest BCUT2D eigenvalue weighted by Crippen LogP contribution is -2.34. The van der Waals surface area contributed by atoms with E-state index in [2.05, 4.69) is 5.32 Å². The van der Waals surface area contributed by atoms with Gasteiger partial charge in [-0.25, -0.2) is 0 Å². The molecule has 2 heterocycles. The third-order valence-corrected chi connectivity index (χ3v) is 7.06. The summed E-state index contributed by atoms with van der Waals surface area (Å²) in [5.74, 6) is 0.876. The van der Waals surface area contributed by atoms with Gasteiger partial charge in [0.2, 0.25) is 5.91 Å².